The molecule has 24 heavy (non-hydrogen) atoms. The van der Waals surface area contributed by atoms with Crippen molar-refractivity contribution >= 4 is 39.4 Å². The van der Waals surface area contributed by atoms with Crippen LogP contribution in [0.4, 0.5) is 5.82 Å². The van der Waals surface area contributed by atoms with Crippen LogP contribution in [0.15, 0.2) is 59.1 Å². The Balaban J connectivity index is 1.72. The van der Waals surface area contributed by atoms with Gasteiger partial charge in [0.15, 0.2) is 0 Å². The number of amides is 1. The molecule has 3 aromatic rings. The highest BCUT2D eigenvalue weighted by molar-refractivity contribution is 9.10. The van der Waals surface area contributed by atoms with E-state index in [1.54, 1.807) is 12.1 Å². The molecule has 6 heteroatoms. The maximum Gasteiger partial charge on any atom is 0.256 e. The Kier molecular flexibility index (Phi) is 4.16. The van der Waals surface area contributed by atoms with Gasteiger partial charge in [-0.1, -0.05) is 34.1 Å². The molecule has 0 atom stereocenters. The van der Waals surface area contributed by atoms with Gasteiger partial charge in [-0.05, 0) is 36.4 Å². The van der Waals surface area contributed by atoms with Crippen LogP contribution < -0.4 is 5.32 Å². The molecular formula is C18H14BrN3OS. The molecule has 0 spiro atoms. The zero-order chi connectivity index (χ0) is 16.5. The van der Waals surface area contributed by atoms with Crippen LogP contribution in [0.5, 0.6) is 0 Å². The summed E-state index contributed by atoms with van der Waals surface area (Å²) in [5.74, 6) is 2.41. The first-order valence-electron chi connectivity index (χ1n) is 7.53. The highest BCUT2D eigenvalue weighted by Crippen LogP contribution is 2.36. The van der Waals surface area contributed by atoms with Crippen LogP contribution in [-0.4, -0.2) is 15.7 Å². The van der Waals surface area contributed by atoms with E-state index in [1.807, 2.05) is 58.9 Å². The maximum atomic E-state index is 12.6. The second kappa shape index (κ2) is 6.45. The molecule has 0 radical (unpaired) electrons. The summed E-state index contributed by atoms with van der Waals surface area (Å²) in [5.41, 5.74) is 3.74. The van der Waals surface area contributed by atoms with Gasteiger partial charge in [-0.2, -0.15) is 16.9 Å². The number of halogens is 1. The number of rotatable bonds is 3. The molecule has 0 aliphatic carbocycles. The fourth-order valence-corrected chi connectivity index (χ4v) is 3.98. The number of benzene rings is 2. The first-order chi connectivity index (χ1) is 11.7. The minimum Gasteiger partial charge on any atom is -0.306 e. The fraction of sp³-hybridized carbons (Fsp3) is 0.111. The van der Waals surface area contributed by atoms with Gasteiger partial charge in [-0.3, -0.25) is 4.79 Å². The van der Waals surface area contributed by atoms with Crippen LogP contribution in [0.25, 0.3) is 5.69 Å². The second-order valence-electron chi connectivity index (χ2n) is 5.48. The van der Waals surface area contributed by atoms with Crippen molar-refractivity contribution in [3.05, 3.63) is 75.9 Å². The van der Waals surface area contributed by atoms with Crippen molar-refractivity contribution in [1.82, 2.24) is 9.78 Å². The lowest BCUT2D eigenvalue weighted by atomic mass is 10.2. The van der Waals surface area contributed by atoms with Crippen LogP contribution in [0.1, 0.15) is 21.6 Å². The first kappa shape index (κ1) is 15.5. The van der Waals surface area contributed by atoms with Crippen molar-refractivity contribution in [1.29, 1.82) is 0 Å². The van der Waals surface area contributed by atoms with Gasteiger partial charge in [0.1, 0.15) is 5.82 Å². The second-order valence-corrected chi connectivity index (χ2v) is 7.38. The predicted octanol–water partition coefficient (Wildman–Crippen LogP) is 4.63. The number of nitrogens with one attached hydrogen (secondary N) is 1. The summed E-state index contributed by atoms with van der Waals surface area (Å²) < 4.78 is 2.78. The Morgan fingerprint density at radius 2 is 1.83 bits per heavy atom. The standard InChI is InChI=1S/C18H14BrN3OS/c19-13-8-6-12(7-9-13)18(23)20-17-15-10-24-11-16(15)21-22(17)14-4-2-1-3-5-14/h1-9H,10-11H2,(H,20,23). The lowest BCUT2D eigenvalue weighted by Crippen LogP contribution is -2.16. The van der Waals surface area contributed by atoms with Gasteiger partial charge in [-0.25, -0.2) is 4.68 Å². The topological polar surface area (TPSA) is 46.9 Å². The summed E-state index contributed by atoms with van der Waals surface area (Å²) in [6.07, 6.45) is 0. The van der Waals surface area contributed by atoms with Crippen molar-refractivity contribution < 1.29 is 4.79 Å². The number of aromatic nitrogens is 2. The molecule has 2 aromatic carbocycles. The number of para-hydroxylation sites is 1. The van der Waals surface area contributed by atoms with Crippen molar-refractivity contribution in [3.63, 3.8) is 0 Å². The van der Waals surface area contributed by atoms with Crippen LogP contribution in [-0.2, 0) is 11.5 Å². The van der Waals surface area contributed by atoms with Gasteiger partial charge in [0.2, 0.25) is 0 Å². The Morgan fingerprint density at radius 3 is 2.58 bits per heavy atom. The van der Waals surface area contributed by atoms with E-state index in [1.165, 1.54) is 0 Å². The largest absolute Gasteiger partial charge is 0.306 e. The number of thioether (sulfide) groups is 1. The van der Waals surface area contributed by atoms with Gasteiger partial charge in [0.25, 0.3) is 5.91 Å². The van der Waals surface area contributed by atoms with Crippen LogP contribution in [0, 0.1) is 0 Å². The van der Waals surface area contributed by atoms with Crippen molar-refractivity contribution in [2.45, 2.75) is 11.5 Å². The molecule has 4 nitrogen and oxygen atoms in total. The normalized spacial score (nSPS) is 12.9. The van der Waals surface area contributed by atoms with E-state index in [0.717, 1.165) is 38.7 Å². The molecule has 0 bridgehead atoms. The molecule has 0 unspecified atom stereocenters. The van der Waals surface area contributed by atoms with Crippen molar-refractivity contribution in [2.75, 3.05) is 5.32 Å². The van der Waals surface area contributed by atoms with Crippen molar-refractivity contribution in [2.24, 2.45) is 0 Å². The highest BCUT2D eigenvalue weighted by atomic mass is 79.9. The summed E-state index contributed by atoms with van der Waals surface area (Å²) >= 11 is 5.21. The lowest BCUT2D eigenvalue weighted by Gasteiger charge is -2.11. The molecule has 1 aromatic heterocycles. The van der Waals surface area contributed by atoms with E-state index < -0.39 is 0 Å². The molecule has 1 aliphatic rings. The number of fused-ring (bicyclic) bond motifs is 1. The van der Waals surface area contributed by atoms with E-state index in [4.69, 9.17) is 5.10 Å². The molecular weight excluding hydrogens is 386 g/mol. The van der Waals surface area contributed by atoms with Gasteiger partial charge in [0, 0.05) is 27.1 Å². The average Bonchev–Trinajstić information content (AvgIpc) is 3.19. The van der Waals surface area contributed by atoms with Crippen LogP contribution >= 0.6 is 27.7 Å². The van der Waals surface area contributed by atoms with E-state index in [2.05, 4.69) is 21.2 Å². The third-order valence-electron chi connectivity index (χ3n) is 3.89. The van der Waals surface area contributed by atoms with E-state index in [-0.39, 0.29) is 5.91 Å². The molecule has 2 heterocycles. The Bertz CT molecular complexity index is 891. The number of hydrogen-bond acceptors (Lipinski definition) is 3. The zero-order valence-electron chi connectivity index (χ0n) is 12.7. The molecule has 1 aliphatic heterocycles. The minimum atomic E-state index is -0.126. The van der Waals surface area contributed by atoms with Crippen LogP contribution in [0.2, 0.25) is 0 Å². The third-order valence-corrected chi connectivity index (χ3v) is 5.39. The molecule has 0 fully saturated rings. The summed E-state index contributed by atoms with van der Waals surface area (Å²) in [6.45, 7) is 0. The molecule has 1 amide bonds. The van der Waals surface area contributed by atoms with Gasteiger partial charge in [0.05, 0.1) is 11.4 Å². The Labute approximate surface area is 152 Å². The van der Waals surface area contributed by atoms with Gasteiger partial charge >= 0.3 is 0 Å². The van der Waals surface area contributed by atoms with Crippen molar-refractivity contribution in [3.8, 4) is 5.69 Å². The molecule has 4 rings (SSSR count). The Morgan fingerprint density at radius 1 is 1.08 bits per heavy atom. The van der Waals surface area contributed by atoms with E-state index >= 15 is 0 Å². The smallest absolute Gasteiger partial charge is 0.256 e. The summed E-state index contributed by atoms with van der Waals surface area (Å²) in [6, 6.07) is 17.2. The lowest BCUT2D eigenvalue weighted by molar-refractivity contribution is 0.102. The van der Waals surface area contributed by atoms with Gasteiger partial charge in [-0.15, -0.1) is 0 Å². The maximum absolute atomic E-state index is 12.6. The van der Waals surface area contributed by atoms with Gasteiger partial charge < -0.3 is 5.32 Å². The average molecular weight is 400 g/mol. The number of hydrogen-bond donors (Lipinski definition) is 1. The number of carbonyl (C=O) groups is 1. The minimum absolute atomic E-state index is 0.126. The highest BCUT2D eigenvalue weighted by Gasteiger charge is 2.24. The zero-order valence-corrected chi connectivity index (χ0v) is 15.1. The van der Waals surface area contributed by atoms with Crippen LogP contribution in [0.3, 0.4) is 0 Å². The SMILES string of the molecule is O=C(Nc1c2c(nn1-c1ccccc1)CSC2)c1ccc(Br)cc1. The molecule has 0 saturated heterocycles. The fourth-order valence-electron chi connectivity index (χ4n) is 2.68. The summed E-state index contributed by atoms with van der Waals surface area (Å²) in [4.78, 5) is 12.6. The molecule has 0 saturated carbocycles. The predicted molar refractivity (Wildman–Crippen MR) is 101 cm³/mol. The molecule has 120 valence electrons. The summed E-state index contributed by atoms with van der Waals surface area (Å²) in [7, 11) is 0. The summed E-state index contributed by atoms with van der Waals surface area (Å²) in [5, 5.41) is 7.75. The first-order valence-corrected chi connectivity index (χ1v) is 9.48. The monoisotopic (exact) mass is 399 g/mol. The number of carbonyl (C=O) groups excluding carboxylic acids is 1. The third kappa shape index (κ3) is 2.87. The quantitative estimate of drug-likeness (QED) is 0.697. The number of anilines is 1. The Hall–Kier alpha value is -2.05. The van der Waals surface area contributed by atoms with E-state index in [9.17, 15) is 4.79 Å². The molecule has 1 N–H and O–H groups in total. The van der Waals surface area contributed by atoms with E-state index in [0.29, 0.717) is 5.56 Å². The number of nitrogens with zero attached hydrogens (tertiary/aromatic N) is 2.